The first-order chi connectivity index (χ1) is 10.5. The average Bonchev–Trinajstić information content (AvgIpc) is 2.49. The summed E-state index contributed by atoms with van der Waals surface area (Å²) in [5.74, 6) is -0.0400. The maximum absolute atomic E-state index is 11.5. The molecule has 0 aliphatic rings. The first kappa shape index (κ1) is 16.6. The molecule has 0 heterocycles. The molecule has 0 amide bonds. The Morgan fingerprint density at radius 2 is 1.77 bits per heavy atom. The van der Waals surface area contributed by atoms with Crippen molar-refractivity contribution in [3.63, 3.8) is 0 Å². The minimum absolute atomic E-state index is 0.276. The smallest absolute Gasteiger partial charge is 0.345 e. The number of hydrogen-bond acceptors (Lipinski definition) is 2. The van der Waals surface area contributed by atoms with Crippen LogP contribution in [0.25, 0.3) is 0 Å². The number of ether oxygens (including phenoxy) is 1. The van der Waals surface area contributed by atoms with Crippen LogP contribution in [-0.2, 0) is 11.2 Å². The van der Waals surface area contributed by atoms with Crippen LogP contribution in [0.1, 0.15) is 30.9 Å². The summed E-state index contributed by atoms with van der Waals surface area (Å²) in [6, 6.07) is 15.2. The molecule has 0 aromatic heterocycles. The number of aliphatic carboxylic acids is 1. The number of benzene rings is 2. The quantitative estimate of drug-likeness (QED) is 0.813. The van der Waals surface area contributed by atoms with Crippen LogP contribution in [0.5, 0.6) is 5.75 Å². The van der Waals surface area contributed by atoms with E-state index >= 15 is 0 Å². The second-order valence-corrected chi connectivity index (χ2v) is 6.38. The Bertz CT molecular complexity index is 635. The van der Waals surface area contributed by atoms with Crippen molar-refractivity contribution in [3.8, 4) is 5.75 Å². The zero-order valence-electron chi connectivity index (χ0n) is 12.6. The molecule has 0 saturated heterocycles. The van der Waals surface area contributed by atoms with Crippen LogP contribution in [0.2, 0.25) is 0 Å². The summed E-state index contributed by atoms with van der Waals surface area (Å²) in [5, 5.41) is 9.45. The highest BCUT2D eigenvalue weighted by Gasteiger charge is 2.21. The summed E-state index contributed by atoms with van der Waals surface area (Å²) in [6.07, 6.45) is -0.573. The van der Waals surface area contributed by atoms with Gasteiger partial charge in [0.15, 0.2) is 6.10 Å². The van der Waals surface area contributed by atoms with Gasteiger partial charge in [-0.15, -0.1) is 0 Å². The number of carbonyl (C=O) groups is 1. The van der Waals surface area contributed by atoms with Crippen LogP contribution < -0.4 is 4.74 Å². The highest BCUT2D eigenvalue weighted by Crippen LogP contribution is 2.27. The maximum atomic E-state index is 11.5. The Labute approximate surface area is 139 Å². The Hall–Kier alpha value is -1.81. The van der Waals surface area contributed by atoms with Gasteiger partial charge in [-0.2, -0.15) is 0 Å². The number of rotatable bonds is 6. The molecule has 0 spiro atoms. The summed E-state index contributed by atoms with van der Waals surface area (Å²) < 4.78 is 6.76. The van der Waals surface area contributed by atoms with Crippen molar-refractivity contribution in [2.75, 3.05) is 0 Å². The summed E-state index contributed by atoms with van der Waals surface area (Å²) >= 11 is 3.37. The molecule has 116 valence electrons. The lowest BCUT2D eigenvalue weighted by Gasteiger charge is -2.19. The third-order valence-corrected chi connectivity index (χ3v) is 3.95. The summed E-state index contributed by atoms with van der Waals surface area (Å²) in [5.41, 5.74) is 1.95. The molecule has 2 aromatic rings. The zero-order chi connectivity index (χ0) is 16.1. The molecule has 4 heteroatoms. The van der Waals surface area contributed by atoms with E-state index in [0.29, 0.717) is 12.2 Å². The third kappa shape index (κ3) is 4.34. The largest absolute Gasteiger partial charge is 0.478 e. The molecule has 0 fully saturated rings. The van der Waals surface area contributed by atoms with Crippen molar-refractivity contribution >= 4 is 21.9 Å². The highest BCUT2D eigenvalue weighted by molar-refractivity contribution is 9.10. The lowest BCUT2D eigenvalue weighted by molar-refractivity contribution is -0.145. The molecule has 1 atom stereocenters. The van der Waals surface area contributed by atoms with Gasteiger partial charge in [-0.1, -0.05) is 60.1 Å². The average molecular weight is 363 g/mol. The van der Waals surface area contributed by atoms with Crippen LogP contribution in [0.3, 0.4) is 0 Å². The Morgan fingerprint density at radius 1 is 1.14 bits per heavy atom. The Balaban J connectivity index is 2.19. The maximum Gasteiger partial charge on any atom is 0.345 e. The lowest BCUT2D eigenvalue weighted by atomic mass is 10.0. The molecule has 2 aromatic carbocycles. The number of carboxylic acid groups (broad SMARTS) is 1. The van der Waals surface area contributed by atoms with Crippen LogP contribution in [0.4, 0.5) is 0 Å². The fraction of sp³-hybridized carbons (Fsp3) is 0.278. The molecular weight excluding hydrogens is 344 g/mol. The van der Waals surface area contributed by atoms with Crippen molar-refractivity contribution < 1.29 is 14.6 Å². The first-order valence-corrected chi connectivity index (χ1v) is 7.99. The molecule has 2 rings (SSSR count). The van der Waals surface area contributed by atoms with Gasteiger partial charge >= 0.3 is 5.97 Å². The minimum atomic E-state index is -0.957. The number of para-hydroxylation sites is 1. The molecule has 0 aliphatic heterocycles. The first-order valence-electron chi connectivity index (χ1n) is 7.20. The predicted octanol–water partition coefficient (Wildman–Crippen LogP) is 4.65. The predicted molar refractivity (Wildman–Crippen MR) is 90.4 cm³/mol. The van der Waals surface area contributed by atoms with E-state index in [0.717, 1.165) is 15.6 Å². The Kier molecular flexibility index (Phi) is 5.61. The van der Waals surface area contributed by atoms with Crippen LogP contribution in [-0.4, -0.2) is 17.2 Å². The van der Waals surface area contributed by atoms with E-state index in [9.17, 15) is 9.90 Å². The summed E-state index contributed by atoms with van der Waals surface area (Å²) in [7, 11) is 0. The lowest BCUT2D eigenvalue weighted by Crippen LogP contribution is -2.29. The molecule has 0 radical (unpaired) electrons. The molecule has 1 unspecified atom stereocenters. The molecule has 1 N–H and O–H groups in total. The Morgan fingerprint density at radius 3 is 2.36 bits per heavy atom. The molecule has 22 heavy (non-hydrogen) atoms. The molecule has 3 nitrogen and oxygen atoms in total. The fourth-order valence-corrected chi connectivity index (χ4v) is 2.50. The van der Waals surface area contributed by atoms with Gasteiger partial charge in [-0.05, 0) is 35.2 Å². The van der Waals surface area contributed by atoms with Crippen LogP contribution in [0, 0.1) is 0 Å². The standard InChI is InChI=1S/C18H19BrO3/c1-12(2)15-5-3-4-6-16(15)22-17(18(20)21)11-13-7-9-14(19)10-8-13/h3-10,12,17H,11H2,1-2H3,(H,20,21). The van der Waals surface area contributed by atoms with Gasteiger partial charge in [0.05, 0.1) is 0 Å². The van der Waals surface area contributed by atoms with Gasteiger partial charge in [-0.3, -0.25) is 0 Å². The normalized spacial score (nSPS) is 12.2. The number of hydrogen-bond donors (Lipinski definition) is 1. The molecule has 0 saturated carbocycles. The second kappa shape index (κ2) is 7.45. The highest BCUT2D eigenvalue weighted by atomic mass is 79.9. The van der Waals surface area contributed by atoms with Gasteiger partial charge in [0.1, 0.15) is 5.75 Å². The monoisotopic (exact) mass is 362 g/mol. The van der Waals surface area contributed by atoms with Crippen LogP contribution >= 0.6 is 15.9 Å². The van der Waals surface area contributed by atoms with E-state index in [1.54, 1.807) is 0 Å². The molecular formula is C18H19BrO3. The van der Waals surface area contributed by atoms with Crippen LogP contribution in [0.15, 0.2) is 53.0 Å². The summed E-state index contributed by atoms with van der Waals surface area (Å²) in [6.45, 7) is 4.12. The van der Waals surface area contributed by atoms with E-state index < -0.39 is 12.1 Å². The van der Waals surface area contributed by atoms with Crippen molar-refractivity contribution in [3.05, 3.63) is 64.1 Å². The van der Waals surface area contributed by atoms with E-state index in [4.69, 9.17) is 4.74 Å². The van der Waals surface area contributed by atoms with E-state index in [1.165, 1.54) is 0 Å². The molecule has 0 aliphatic carbocycles. The SMILES string of the molecule is CC(C)c1ccccc1OC(Cc1ccc(Br)cc1)C(=O)O. The van der Waals surface area contributed by atoms with E-state index in [1.807, 2.05) is 48.5 Å². The fourth-order valence-electron chi connectivity index (χ4n) is 2.23. The van der Waals surface area contributed by atoms with Crippen molar-refractivity contribution in [2.45, 2.75) is 32.3 Å². The second-order valence-electron chi connectivity index (χ2n) is 5.47. The van der Waals surface area contributed by atoms with Gasteiger partial charge in [0, 0.05) is 10.9 Å². The zero-order valence-corrected chi connectivity index (χ0v) is 14.2. The van der Waals surface area contributed by atoms with Gasteiger partial charge in [0.2, 0.25) is 0 Å². The third-order valence-electron chi connectivity index (χ3n) is 3.42. The van der Waals surface area contributed by atoms with E-state index in [-0.39, 0.29) is 5.92 Å². The summed E-state index contributed by atoms with van der Waals surface area (Å²) in [4.78, 5) is 11.5. The topological polar surface area (TPSA) is 46.5 Å². The van der Waals surface area contributed by atoms with Crippen molar-refractivity contribution in [1.29, 1.82) is 0 Å². The minimum Gasteiger partial charge on any atom is -0.478 e. The molecule has 0 bridgehead atoms. The van der Waals surface area contributed by atoms with Crippen molar-refractivity contribution in [1.82, 2.24) is 0 Å². The van der Waals surface area contributed by atoms with Gasteiger partial charge < -0.3 is 9.84 Å². The number of carboxylic acids is 1. The van der Waals surface area contributed by atoms with Crippen molar-refractivity contribution in [2.24, 2.45) is 0 Å². The van der Waals surface area contributed by atoms with E-state index in [2.05, 4.69) is 29.8 Å². The number of halogens is 1. The van der Waals surface area contributed by atoms with Gasteiger partial charge in [-0.25, -0.2) is 4.79 Å². The van der Waals surface area contributed by atoms with Gasteiger partial charge in [0.25, 0.3) is 0 Å².